The Morgan fingerprint density at radius 2 is 2.23 bits per heavy atom. The van der Waals surface area contributed by atoms with E-state index in [9.17, 15) is 4.79 Å². The van der Waals surface area contributed by atoms with Gasteiger partial charge in [0.15, 0.2) is 5.78 Å². The van der Waals surface area contributed by atoms with E-state index in [1.807, 2.05) is 6.92 Å². The molecule has 0 heterocycles. The molecule has 0 radical (unpaired) electrons. The van der Waals surface area contributed by atoms with E-state index in [-0.39, 0.29) is 5.92 Å². The van der Waals surface area contributed by atoms with Crippen LogP contribution in [-0.2, 0) is 4.79 Å². The highest BCUT2D eigenvalue weighted by atomic mass is 16.1. The number of Topliss-reactive ketones (excluding diaryl/α,β-unsaturated/α-hetero) is 1. The maximum atomic E-state index is 11.8. The van der Waals surface area contributed by atoms with Crippen molar-refractivity contribution < 1.29 is 4.79 Å². The van der Waals surface area contributed by atoms with Gasteiger partial charge in [-0.1, -0.05) is 26.3 Å². The van der Waals surface area contributed by atoms with Crippen molar-refractivity contribution in [2.45, 2.75) is 52.4 Å². The Bertz CT molecular complexity index is 203. The van der Waals surface area contributed by atoms with E-state index in [1.54, 1.807) is 0 Å². The lowest BCUT2D eigenvalue weighted by Gasteiger charge is -2.09. The number of rotatable bonds is 3. The lowest BCUT2D eigenvalue weighted by molar-refractivity contribution is -0.118. The van der Waals surface area contributed by atoms with Gasteiger partial charge in [0.25, 0.3) is 0 Å². The summed E-state index contributed by atoms with van der Waals surface area (Å²) in [6.07, 6.45) is 9.01. The molecule has 0 spiro atoms. The second kappa shape index (κ2) is 5.21. The smallest absolute Gasteiger partial charge is 0.161 e. The summed E-state index contributed by atoms with van der Waals surface area (Å²) >= 11 is 0. The largest absolute Gasteiger partial charge is 0.294 e. The quantitative estimate of drug-likeness (QED) is 0.649. The van der Waals surface area contributed by atoms with Gasteiger partial charge < -0.3 is 0 Å². The fourth-order valence-corrected chi connectivity index (χ4v) is 1.74. The molecule has 13 heavy (non-hydrogen) atoms. The van der Waals surface area contributed by atoms with Gasteiger partial charge in [-0.2, -0.15) is 0 Å². The topological polar surface area (TPSA) is 17.1 Å². The lowest BCUT2D eigenvalue weighted by Crippen LogP contribution is -2.12. The van der Waals surface area contributed by atoms with Crippen LogP contribution in [-0.4, -0.2) is 5.78 Å². The molecule has 1 unspecified atom stereocenters. The minimum Gasteiger partial charge on any atom is -0.294 e. The first kappa shape index (κ1) is 10.5. The third-order valence-corrected chi connectivity index (χ3v) is 2.92. The molecular formula is C12H20O. The Kier molecular flexibility index (Phi) is 4.20. The molecular weight excluding hydrogens is 160 g/mol. The molecule has 1 aliphatic rings. The fraction of sp³-hybridized carbons (Fsp3) is 0.750. The monoisotopic (exact) mass is 180 g/mol. The van der Waals surface area contributed by atoms with E-state index in [4.69, 9.17) is 0 Å². The third kappa shape index (κ3) is 2.98. The van der Waals surface area contributed by atoms with Crippen LogP contribution in [0.15, 0.2) is 11.6 Å². The SMILES string of the molecule is CCC(C)C(=O)C1=CCCCCC1. The van der Waals surface area contributed by atoms with Crippen LogP contribution in [0.4, 0.5) is 0 Å². The van der Waals surface area contributed by atoms with Gasteiger partial charge in [0.2, 0.25) is 0 Å². The van der Waals surface area contributed by atoms with Crippen LogP contribution in [0, 0.1) is 5.92 Å². The summed E-state index contributed by atoms with van der Waals surface area (Å²) in [4.78, 5) is 11.8. The van der Waals surface area contributed by atoms with Crippen molar-refractivity contribution in [1.82, 2.24) is 0 Å². The zero-order valence-electron chi connectivity index (χ0n) is 8.81. The summed E-state index contributed by atoms with van der Waals surface area (Å²) in [7, 11) is 0. The van der Waals surface area contributed by atoms with Crippen molar-refractivity contribution in [2.75, 3.05) is 0 Å². The Labute approximate surface area is 81.2 Å². The minimum atomic E-state index is 0.226. The molecule has 0 saturated heterocycles. The second-order valence-corrected chi connectivity index (χ2v) is 4.00. The third-order valence-electron chi connectivity index (χ3n) is 2.92. The van der Waals surface area contributed by atoms with Crippen LogP contribution >= 0.6 is 0 Å². The highest BCUT2D eigenvalue weighted by Crippen LogP contribution is 2.21. The number of carbonyl (C=O) groups excluding carboxylic acids is 1. The van der Waals surface area contributed by atoms with Crippen molar-refractivity contribution in [1.29, 1.82) is 0 Å². The number of allylic oxidation sites excluding steroid dienone is 2. The molecule has 0 aromatic rings. The Hall–Kier alpha value is -0.590. The predicted molar refractivity (Wildman–Crippen MR) is 55.6 cm³/mol. The van der Waals surface area contributed by atoms with Crippen molar-refractivity contribution in [3.8, 4) is 0 Å². The molecule has 1 rings (SSSR count). The first-order valence-corrected chi connectivity index (χ1v) is 5.49. The zero-order chi connectivity index (χ0) is 9.68. The van der Waals surface area contributed by atoms with Crippen LogP contribution in [0.25, 0.3) is 0 Å². The summed E-state index contributed by atoms with van der Waals surface area (Å²) in [5.74, 6) is 0.619. The van der Waals surface area contributed by atoms with Crippen molar-refractivity contribution in [3.63, 3.8) is 0 Å². The number of carbonyl (C=O) groups is 1. The van der Waals surface area contributed by atoms with Crippen LogP contribution in [0.5, 0.6) is 0 Å². The molecule has 0 saturated carbocycles. The first-order chi connectivity index (χ1) is 6.25. The number of hydrogen-bond donors (Lipinski definition) is 0. The van der Waals surface area contributed by atoms with Gasteiger partial charge in [0, 0.05) is 5.92 Å². The molecule has 0 aliphatic heterocycles. The molecule has 0 N–H and O–H groups in total. The van der Waals surface area contributed by atoms with Gasteiger partial charge in [0.05, 0.1) is 0 Å². The van der Waals surface area contributed by atoms with Gasteiger partial charge in [-0.25, -0.2) is 0 Å². The van der Waals surface area contributed by atoms with E-state index in [1.165, 1.54) is 19.3 Å². The van der Waals surface area contributed by atoms with E-state index >= 15 is 0 Å². The van der Waals surface area contributed by atoms with E-state index in [2.05, 4.69) is 13.0 Å². The zero-order valence-corrected chi connectivity index (χ0v) is 8.81. The average Bonchev–Trinajstić information content (AvgIpc) is 2.43. The molecule has 1 aliphatic carbocycles. The Balaban J connectivity index is 2.58. The normalized spacial score (nSPS) is 20.3. The van der Waals surface area contributed by atoms with E-state index in [0.717, 1.165) is 24.8 Å². The van der Waals surface area contributed by atoms with Gasteiger partial charge in [-0.05, 0) is 37.7 Å². The predicted octanol–water partition coefficient (Wildman–Crippen LogP) is 3.49. The van der Waals surface area contributed by atoms with Crippen LogP contribution in [0.2, 0.25) is 0 Å². The number of hydrogen-bond acceptors (Lipinski definition) is 1. The standard InChI is InChI=1S/C12H20O/c1-3-10(2)12(13)11-8-6-4-5-7-9-11/h8,10H,3-7,9H2,1-2H3. The fourth-order valence-electron chi connectivity index (χ4n) is 1.74. The van der Waals surface area contributed by atoms with Crippen LogP contribution in [0.3, 0.4) is 0 Å². The molecule has 0 aromatic carbocycles. The lowest BCUT2D eigenvalue weighted by atomic mass is 9.94. The second-order valence-electron chi connectivity index (χ2n) is 4.00. The summed E-state index contributed by atoms with van der Waals surface area (Å²) in [6, 6.07) is 0. The molecule has 0 fully saturated rings. The minimum absolute atomic E-state index is 0.226. The van der Waals surface area contributed by atoms with Gasteiger partial charge in [-0.15, -0.1) is 0 Å². The maximum Gasteiger partial charge on any atom is 0.161 e. The molecule has 0 aromatic heterocycles. The maximum absolute atomic E-state index is 11.8. The highest BCUT2D eigenvalue weighted by molar-refractivity contribution is 5.96. The van der Waals surface area contributed by atoms with Gasteiger partial charge in [-0.3, -0.25) is 4.79 Å². The van der Waals surface area contributed by atoms with E-state index < -0.39 is 0 Å². The molecule has 74 valence electrons. The summed E-state index contributed by atoms with van der Waals surface area (Å²) in [5.41, 5.74) is 1.10. The Morgan fingerprint density at radius 3 is 2.92 bits per heavy atom. The van der Waals surface area contributed by atoms with Gasteiger partial charge in [0.1, 0.15) is 0 Å². The van der Waals surface area contributed by atoms with Crippen LogP contribution < -0.4 is 0 Å². The Morgan fingerprint density at radius 1 is 1.46 bits per heavy atom. The summed E-state index contributed by atoms with van der Waals surface area (Å²) < 4.78 is 0. The molecule has 0 bridgehead atoms. The van der Waals surface area contributed by atoms with Crippen molar-refractivity contribution in [2.24, 2.45) is 5.92 Å². The highest BCUT2D eigenvalue weighted by Gasteiger charge is 2.16. The van der Waals surface area contributed by atoms with Crippen molar-refractivity contribution >= 4 is 5.78 Å². The first-order valence-electron chi connectivity index (χ1n) is 5.49. The molecule has 1 heteroatoms. The average molecular weight is 180 g/mol. The molecule has 1 nitrogen and oxygen atoms in total. The molecule has 1 atom stereocenters. The van der Waals surface area contributed by atoms with E-state index in [0.29, 0.717) is 5.78 Å². The van der Waals surface area contributed by atoms with Gasteiger partial charge >= 0.3 is 0 Å². The molecule has 0 amide bonds. The van der Waals surface area contributed by atoms with Crippen molar-refractivity contribution in [3.05, 3.63) is 11.6 Å². The summed E-state index contributed by atoms with van der Waals surface area (Å²) in [5, 5.41) is 0. The summed E-state index contributed by atoms with van der Waals surface area (Å²) in [6.45, 7) is 4.12. The van der Waals surface area contributed by atoms with Crippen LogP contribution in [0.1, 0.15) is 52.4 Å². The number of ketones is 1.